The van der Waals surface area contributed by atoms with Gasteiger partial charge in [-0.3, -0.25) is 0 Å². The summed E-state index contributed by atoms with van der Waals surface area (Å²) in [5, 5.41) is 7.68. The summed E-state index contributed by atoms with van der Waals surface area (Å²) < 4.78 is 84.3. The third-order valence-corrected chi connectivity index (χ3v) is 6.98. The summed E-state index contributed by atoms with van der Waals surface area (Å²) in [6, 6.07) is 8.50. The molecule has 5 rings (SSSR count). The molecule has 0 amide bonds. The van der Waals surface area contributed by atoms with Crippen LogP contribution < -0.4 is 10.5 Å². The lowest BCUT2D eigenvalue weighted by Gasteiger charge is -2.27. The van der Waals surface area contributed by atoms with E-state index in [1.807, 2.05) is 19.9 Å². The molecule has 0 radical (unpaired) electrons. The number of aryl methyl sites for hydroxylation is 1. The molecule has 0 aliphatic rings. The molecule has 16 heteroatoms. The van der Waals surface area contributed by atoms with Crippen molar-refractivity contribution in [1.82, 2.24) is 29.2 Å². The molecule has 0 saturated carbocycles. The number of benzene rings is 1. The van der Waals surface area contributed by atoms with Crippen molar-refractivity contribution in [3.05, 3.63) is 75.5 Å². The van der Waals surface area contributed by atoms with Crippen molar-refractivity contribution in [3.8, 4) is 16.9 Å². The Bertz CT molecular complexity index is 1780. The van der Waals surface area contributed by atoms with E-state index in [-0.39, 0.29) is 16.4 Å². The first-order valence-corrected chi connectivity index (χ1v) is 14.2. The Balaban J connectivity index is 0.000000246. The van der Waals surface area contributed by atoms with Crippen molar-refractivity contribution < 1.29 is 31.1 Å². The van der Waals surface area contributed by atoms with Crippen LogP contribution in [-0.4, -0.2) is 41.3 Å². The number of nitrogens with two attached hydrogens (primary N) is 1. The monoisotopic (exact) mass is 705 g/mol. The highest BCUT2D eigenvalue weighted by Gasteiger charge is 2.35. The van der Waals surface area contributed by atoms with E-state index >= 15 is 0 Å². The fraction of sp³-hybridized carbons (Fsp3) is 0.357. The van der Waals surface area contributed by atoms with Crippen molar-refractivity contribution in [1.29, 1.82) is 0 Å². The summed E-state index contributed by atoms with van der Waals surface area (Å²) >= 11 is 8.63. The summed E-state index contributed by atoms with van der Waals surface area (Å²) in [5.74, 6) is 1.15. The minimum absolute atomic E-state index is 0.0757. The Kier molecular flexibility index (Phi) is 9.52. The van der Waals surface area contributed by atoms with Gasteiger partial charge >= 0.3 is 12.4 Å². The van der Waals surface area contributed by atoms with Gasteiger partial charge in [0.1, 0.15) is 12.4 Å². The van der Waals surface area contributed by atoms with Crippen molar-refractivity contribution in [2.24, 2.45) is 11.7 Å². The van der Waals surface area contributed by atoms with E-state index in [0.29, 0.717) is 28.3 Å². The predicted molar refractivity (Wildman–Crippen MR) is 156 cm³/mol. The fourth-order valence-electron chi connectivity index (χ4n) is 4.52. The zero-order chi connectivity index (χ0) is 32.6. The first-order chi connectivity index (χ1) is 20.3. The van der Waals surface area contributed by atoms with Crippen LogP contribution >= 0.6 is 27.5 Å². The summed E-state index contributed by atoms with van der Waals surface area (Å²) in [5.41, 5.74) is 6.27. The van der Waals surface area contributed by atoms with Crippen LogP contribution in [0.4, 0.5) is 26.3 Å². The molecule has 5 aromatic rings. The lowest BCUT2D eigenvalue weighted by atomic mass is 9.93. The minimum Gasteiger partial charge on any atom is -0.491 e. The predicted octanol–water partition coefficient (Wildman–Crippen LogP) is 8.03. The van der Waals surface area contributed by atoms with Gasteiger partial charge in [0.05, 0.1) is 16.9 Å². The van der Waals surface area contributed by atoms with Gasteiger partial charge in [-0.1, -0.05) is 31.5 Å². The third kappa shape index (κ3) is 7.99. The topological polar surface area (TPSA) is 95.6 Å². The number of rotatable bonds is 6. The molecular weight excluding hydrogens is 680 g/mol. The van der Waals surface area contributed by atoms with Gasteiger partial charge in [0, 0.05) is 17.3 Å². The van der Waals surface area contributed by atoms with E-state index in [0.717, 1.165) is 39.0 Å². The highest BCUT2D eigenvalue weighted by Crippen LogP contribution is 2.33. The number of hydrogen-bond donors (Lipinski definition) is 1. The fourth-order valence-corrected chi connectivity index (χ4v) is 5.33. The van der Waals surface area contributed by atoms with Gasteiger partial charge in [0.2, 0.25) is 0 Å². The SMILES string of the molecule is Cc1cc(-c2ccnn3cc(C(F)(F)F)nc23)ccc1OC[C@@](C)(N)CC(C)C.FC(F)(F)c1cn2nc(Cl)cc(Br)c2n1. The maximum absolute atomic E-state index is 13.0. The molecule has 0 aliphatic heterocycles. The van der Waals surface area contributed by atoms with Crippen molar-refractivity contribution >= 4 is 38.8 Å². The largest absolute Gasteiger partial charge is 0.491 e. The maximum Gasteiger partial charge on any atom is 0.434 e. The second-order valence-corrected chi connectivity index (χ2v) is 12.1. The highest BCUT2D eigenvalue weighted by molar-refractivity contribution is 9.10. The Morgan fingerprint density at radius 2 is 1.57 bits per heavy atom. The molecule has 0 bridgehead atoms. The summed E-state index contributed by atoms with van der Waals surface area (Å²) in [6.07, 6.45) is -5.05. The van der Waals surface area contributed by atoms with Crippen LogP contribution in [-0.2, 0) is 12.4 Å². The van der Waals surface area contributed by atoms with E-state index in [9.17, 15) is 26.3 Å². The molecule has 0 unspecified atom stereocenters. The van der Waals surface area contributed by atoms with E-state index in [4.69, 9.17) is 22.1 Å². The molecule has 0 spiro atoms. The van der Waals surface area contributed by atoms with Crippen LogP contribution in [0.3, 0.4) is 0 Å². The van der Waals surface area contributed by atoms with Gasteiger partial charge in [-0.15, -0.1) is 0 Å². The number of ether oxygens (including phenoxy) is 1. The van der Waals surface area contributed by atoms with Gasteiger partial charge in [-0.05, 0) is 77.5 Å². The van der Waals surface area contributed by atoms with Gasteiger partial charge in [-0.2, -0.15) is 36.5 Å². The molecule has 0 fully saturated rings. The average molecular weight is 707 g/mol. The summed E-state index contributed by atoms with van der Waals surface area (Å²) in [7, 11) is 0. The number of nitrogens with zero attached hydrogens (tertiary/aromatic N) is 6. The van der Waals surface area contributed by atoms with E-state index in [1.165, 1.54) is 12.3 Å². The normalized spacial score (nSPS) is 13.7. The lowest BCUT2D eigenvalue weighted by Crippen LogP contribution is -2.43. The zero-order valence-electron chi connectivity index (χ0n) is 23.8. The lowest BCUT2D eigenvalue weighted by molar-refractivity contribution is -0.141. The quantitative estimate of drug-likeness (QED) is 0.180. The van der Waals surface area contributed by atoms with E-state index in [1.54, 1.807) is 18.2 Å². The molecule has 236 valence electrons. The maximum atomic E-state index is 13.0. The number of aromatic nitrogens is 6. The van der Waals surface area contributed by atoms with Crippen molar-refractivity contribution in [3.63, 3.8) is 0 Å². The Morgan fingerprint density at radius 1 is 0.955 bits per heavy atom. The van der Waals surface area contributed by atoms with Crippen LogP contribution in [0, 0.1) is 12.8 Å². The highest BCUT2D eigenvalue weighted by atomic mass is 79.9. The minimum atomic E-state index is -4.52. The number of hydrogen-bond acceptors (Lipinski definition) is 6. The average Bonchev–Trinajstić information content (AvgIpc) is 3.52. The van der Waals surface area contributed by atoms with Gasteiger partial charge in [0.15, 0.2) is 27.8 Å². The molecular formula is C28H27BrClF6N7O. The van der Waals surface area contributed by atoms with E-state index < -0.39 is 29.3 Å². The number of halogens is 8. The van der Waals surface area contributed by atoms with Crippen LogP contribution in [0.15, 0.2) is 53.4 Å². The molecule has 4 heterocycles. The van der Waals surface area contributed by atoms with Crippen molar-refractivity contribution in [2.45, 2.75) is 52.0 Å². The first-order valence-electron chi connectivity index (χ1n) is 13.1. The Labute approximate surface area is 261 Å². The standard InChI is InChI=1S/C21H25F3N4O.C7H2BrClF3N3/c1-13(2)10-20(4,25)12-29-17-6-5-15(9-14(17)3)16-7-8-26-28-11-18(21(22,23)24)27-19(16)28;8-3-1-5(9)14-15-2-4(7(10,11)12)13-6(3)15/h5-9,11,13H,10,12,25H2,1-4H3;1-2H/t20-;/m0./s1. The molecule has 2 N–H and O–H groups in total. The number of fused-ring (bicyclic) bond motifs is 2. The van der Waals surface area contributed by atoms with Gasteiger partial charge in [-0.25, -0.2) is 19.0 Å². The van der Waals surface area contributed by atoms with Gasteiger partial charge < -0.3 is 10.5 Å². The molecule has 1 atom stereocenters. The van der Waals surface area contributed by atoms with Crippen LogP contribution in [0.25, 0.3) is 22.4 Å². The Morgan fingerprint density at radius 3 is 2.16 bits per heavy atom. The smallest absolute Gasteiger partial charge is 0.434 e. The molecule has 0 aliphatic carbocycles. The Hall–Kier alpha value is -3.43. The van der Waals surface area contributed by atoms with Crippen LogP contribution in [0.1, 0.15) is 44.1 Å². The summed E-state index contributed by atoms with van der Waals surface area (Å²) in [4.78, 5) is 7.13. The molecule has 44 heavy (non-hydrogen) atoms. The van der Waals surface area contributed by atoms with Gasteiger partial charge in [0.25, 0.3) is 0 Å². The zero-order valence-corrected chi connectivity index (χ0v) is 26.1. The molecule has 8 nitrogen and oxygen atoms in total. The van der Waals surface area contributed by atoms with Crippen LogP contribution in [0.2, 0.25) is 5.15 Å². The third-order valence-electron chi connectivity index (χ3n) is 6.21. The second kappa shape index (κ2) is 12.5. The first kappa shape index (κ1) is 33.5. The number of alkyl halides is 6. The van der Waals surface area contributed by atoms with E-state index in [2.05, 4.69) is 49.9 Å². The summed E-state index contributed by atoms with van der Waals surface area (Å²) in [6.45, 7) is 8.45. The molecule has 0 saturated heterocycles. The molecule has 1 aromatic carbocycles. The number of imidazole rings is 2. The molecule has 4 aromatic heterocycles. The second-order valence-electron chi connectivity index (χ2n) is 10.9. The van der Waals surface area contributed by atoms with Crippen molar-refractivity contribution in [2.75, 3.05) is 6.61 Å². The van der Waals surface area contributed by atoms with Crippen LogP contribution in [0.5, 0.6) is 5.75 Å².